The second kappa shape index (κ2) is 5.61. The van der Waals surface area contributed by atoms with Gasteiger partial charge in [0.15, 0.2) is 9.84 Å². The molecule has 0 unspecified atom stereocenters. The Balaban J connectivity index is 1.79. The summed E-state index contributed by atoms with van der Waals surface area (Å²) in [6, 6.07) is 7.50. The Kier molecular flexibility index (Phi) is 4.09. The molecular formula is C13H18N2O3S. The topological polar surface area (TPSA) is 75.3 Å². The van der Waals surface area contributed by atoms with Gasteiger partial charge in [0.25, 0.3) is 0 Å². The van der Waals surface area contributed by atoms with Gasteiger partial charge < -0.3 is 10.6 Å². The van der Waals surface area contributed by atoms with Crippen molar-refractivity contribution in [2.24, 2.45) is 0 Å². The van der Waals surface area contributed by atoms with Crippen molar-refractivity contribution in [3.05, 3.63) is 29.8 Å². The number of aryl methyl sites for hydroxylation is 1. The van der Waals surface area contributed by atoms with E-state index in [1.807, 2.05) is 31.2 Å². The van der Waals surface area contributed by atoms with Crippen LogP contribution in [0.5, 0.6) is 0 Å². The van der Waals surface area contributed by atoms with Crippen molar-refractivity contribution >= 4 is 21.4 Å². The maximum atomic E-state index is 11.7. The molecule has 2 rings (SSSR count). The van der Waals surface area contributed by atoms with Crippen molar-refractivity contribution < 1.29 is 13.2 Å². The molecule has 1 aliphatic rings. The third-order valence-corrected chi connectivity index (χ3v) is 4.84. The van der Waals surface area contributed by atoms with E-state index in [-0.39, 0.29) is 30.0 Å². The van der Waals surface area contributed by atoms with Crippen LogP contribution in [0.15, 0.2) is 24.3 Å². The van der Waals surface area contributed by atoms with Gasteiger partial charge in [0.1, 0.15) is 0 Å². The SMILES string of the molecule is Cc1cccc(NCC(=O)N[C@H]2CCS(=O)(=O)C2)c1. The molecule has 0 saturated carbocycles. The van der Waals surface area contributed by atoms with Gasteiger partial charge in [0, 0.05) is 11.7 Å². The summed E-state index contributed by atoms with van der Waals surface area (Å²) in [4.78, 5) is 11.7. The smallest absolute Gasteiger partial charge is 0.239 e. The molecular weight excluding hydrogens is 264 g/mol. The third-order valence-electron chi connectivity index (χ3n) is 3.07. The first-order chi connectivity index (χ1) is 8.94. The average Bonchev–Trinajstić information content (AvgIpc) is 2.66. The van der Waals surface area contributed by atoms with Crippen LogP contribution in [0.1, 0.15) is 12.0 Å². The number of carbonyl (C=O) groups excluding carboxylic acids is 1. The summed E-state index contributed by atoms with van der Waals surface area (Å²) in [7, 11) is -2.95. The minimum absolute atomic E-state index is 0.0587. The maximum Gasteiger partial charge on any atom is 0.239 e. The van der Waals surface area contributed by atoms with Crippen LogP contribution in [0, 0.1) is 6.92 Å². The summed E-state index contributed by atoms with van der Waals surface area (Å²) in [5.41, 5.74) is 2.00. The minimum atomic E-state index is -2.95. The second-order valence-corrected chi connectivity index (χ2v) is 7.12. The van der Waals surface area contributed by atoms with Gasteiger partial charge >= 0.3 is 0 Å². The number of nitrogens with one attached hydrogen (secondary N) is 2. The highest BCUT2D eigenvalue weighted by molar-refractivity contribution is 7.91. The zero-order valence-electron chi connectivity index (χ0n) is 10.8. The Morgan fingerprint density at radius 1 is 1.42 bits per heavy atom. The molecule has 19 heavy (non-hydrogen) atoms. The molecule has 0 radical (unpaired) electrons. The van der Waals surface area contributed by atoms with E-state index in [9.17, 15) is 13.2 Å². The third kappa shape index (κ3) is 4.24. The summed E-state index contributed by atoms with van der Waals surface area (Å²) < 4.78 is 22.5. The zero-order valence-corrected chi connectivity index (χ0v) is 11.7. The fraction of sp³-hybridized carbons (Fsp3) is 0.462. The Bertz CT molecular complexity index is 569. The van der Waals surface area contributed by atoms with Gasteiger partial charge in [-0.2, -0.15) is 0 Å². The van der Waals surface area contributed by atoms with Crippen LogP contribution in [0.2, 0.25) is 0 Å². The lowest BCUT2D eigenvalue weighted by molar-refractivity contribution is -0.119. The monoisotopic (exact) mass is 282 g/mol. The summed E-state index contributed by atoms with van der Waals surface area (Å²) >= 11 is 0. The van der Waals surface area contributed by atoms with Crippen molar-refractivity contribution in [1.29, 1.82) is 0 Å². The molecule has 5 nitrogen and oxygen atoms in total. The van der Waals surface area contributed by atoms with E-state index in [1.54, 1.807) is 0 Å². The molecule has 6 heteroatoms. The highest BCUT2D eigenvalue weighted by Gasteiger charge is 2.28. The van der Waals surface area contributed by atoms with E-state index in [0.29, 0.717) is 6.42 Å². The molecule has 1 saturated heterocycles. The summed E-state index contributed by atoms with van der Waals surface area (Å²) in [5.74, 6) is 0.0514. The van der Waals surface area contributed by atoms with E-state index in [0.717, 1.165) is 11.3 Å². The van der Waals surface area contributed by atoms with Gasteiger partial charge in [-0.1, -0.05) is 12.1 Å². The van der Waals surface area contributed by atoms with Gasteiger partial charge in [-0.05, 0) is 31.0 Å². The van der Waals surface area contributed by atoms with Crippen LogP contribution >= 0.6 is 0 Å². The van der Waals surface area contributed by atoms with E-state index < -0.39 is 9.84 Å². The summed E-state index contributed by atoms with van der Waals surface area (Å²) in [5, 5.41) is 5.76. The van der Waals surface area contributed by atoms with E-state index in [4.69, 9.17) is 0 Å². The number of anilines is 1. The lowest BCUT2D eigenvalue weighted by Crippen LogP contribution is -2.39. The number of rotatable bonds is 4. The van der Waals surface area contributed by atoms with Crippen molar-refractivity contribution in [1.82, 2.24) is 5.32 Å². The Labute approximate surface area is 113 Å². The average molecular weight is 282 g/mol. The zero-order chi connectivity index (χ0) is 13.9. The highest BCUT2D eigenvalue weighted by atomic mass is 32.2. The number of hydrogen-bond acceptors (Lipinski definition) is 4. The van der Waals surface area contributed by atoms with Crippen LogP contribution in [-0.4, -0.2) is 38.4 Å². The largest absolute Gasteiger partial charge is 0.376 e. The highest BCUT2D eigenvalue weighted by Crippen LogP contribution is 2.11. The van der Waals surface area contributed by atoms with Crippen LogP contribution in [-0.2, 0) is 14.6 Å². The molecule has 1 aliphatic heterocycles. The van der Waals surface area contributed by atoms with Crippen molar-refractivity contribution in [3.8, 4) is 0 Å². The number of amides is 1. The van der Waals surface area contributed by atoms with Crippen molar-refractivity contribution in [3.63, 3.8) is 0 Å². The summed E-state index contributed by atoms with van der Waals surface area (Å²) in [6.07, 6.45) is 0.512. The quantitative estimate of drug-likeness (QED) is 0.853. The predicted molar refractivity (Wildman–Crippen MR) is 74.9 cm³/mol. The van der Waals surface area contributed by atoms with Gasteiger partial charge in [-0.3, -0.25) is 4.79 Å². The van der Waals surface area contributed by atoms with Crippen molar-refractivity contribution in [2.45, 2.75) is 19.4 Å². The van der Waals surface area contributed by atoms with E-state index in [2.05, 4.69) is 10.6 Å². The molecule has 1 aromatic rings. The van der Waals surface area contributed by atoms with E-state index >= 15 is 0 Å². The van der Waals surface area contributed by atoms with Gasteiger partial charge in [-0.15, -0.1) is 0 Å². The van der Waals surface area contributed by atoms with Gasteiger partial charge in [0.2, 0.25) is 5.91 Å². The van der Waals surface area contributed by atoms with Crippen molar-refractivity contribution in [2.75, 3.05) is 23.4 Å². The van der Waals surface area contributed by atoms with Crippen LogP contribution < -0.4 is 10.6 Å². The molecule has 1 amide bonds. The predicted octanol–water partition coefficient (Wildman–Crippen LogP) is 0.710. The van der Waals surface area contributed by atoms with Crippen LogP contribution in [0.4, 0.5) is 5.69 Å². The molecule has 1 fully saturated rings. The normalized spacial score (nSPS) is 21.0. The van der Waals surface area contributed by atoms with Gasteiger partial charge in [-0.25, -0.2) is 8.42 Å². The molecule has 0 bridgehead atoms. The Morgan fingerprint density at radius 2 is 2.21 bits per heavy atom. The number of benzene rings is 1. The maximum absolute atomic E-state index is 11.7. The first-order valence-electron chi connectivity index (χ1n) is 6.25. The molecule has 2 N–H and O–H groups in total. The molecule has 0 aliphatic carbocycles. The first-order valence-corrected chi connectivity index (χ1v) is 8.07. The lowest BCUT2D eigenvalue weighted by Gasteiger charge is -2.12. The summed E-state index contributed by atoms with van der Waals surface area (Å²) in [6.45, 7) is 2.13. The van der Waals surface area contributed by atoms with Crippen LogP contribution in [0.3, 0.4) is 0 Å². The standard InChI is InChI=1S/C13H18N2O3S/c1-10-3-2-4-11(7-10)14-8-13(16)15-12-5-6-19(17,18)9-12/h2-4,7,12,14H,5-6,8-9H2,1H3,(H,15,16)/t12-/m0/s1. The number of sulfone groups is 1. The fourth-order valence-corrected chi connectivity index (χ4v) is 3.80. The molecule has 0 spiro atoms. The Hall–Kier alpha value is -1.56. The second-order valence-electron chi connectivity index (χ2n) is 4.89. The fourth-order valence-electron chi connectivity index (χ4n) is 2.12. The molecule has 104 valence electrons. The van der Waals surface area contributed by atoms with E-state index in [1.165, 1.54) is 0 Å². The minimum Gasteiger partial charge on any atom is -0.376 e. The Morgan fingerprint density at radius 3 is 2.84 bits per heavy atom. The number of carbonyl (C=O) groups is 1. The molecule has 1 aromatic carbocycles. The molecule has 0 aromatic heterocycles. The number of hydrogen-bond donors (Lipinski definition) is 2. The lowest BCUT2D eigenvalue weighted by atomic mass is 10.2. The van der Waals surface area contributed by atoms with Crippen LogP contribution in [0.25, 0.3) is 0 Å². The van der Waals surface area contributed by atoms with Gasteiger partial charge in [0.05, 0.1) is 18.1 Å². The molecule has 1 atom stereocenters. The first kappa shape index (κ1) is 13.9. The molecule has 1 heterocycles.